The Labute approximate surface area is 186 Å². The summed E-state index contributed by atoms with van der Waals surface area (Å²) < 4.78 is 10.6. The average Bonchev–Trinajstić information content (AvgIpc) is 2.73. The number of amides is 3. The van der Waals surface area contributed by atoms with Gasteiger partial charge in [0.2, 0.25) is 5.91 Å². The van der Waals surface area contributed by atoms with E-state index in [1.165, 1.54) is 13.8 Å². The molecule has 170 valence electrons. The van der Waals surface area contributed by atoms with Crippen molar-refractivity contribution in [3.05, 3.63) is 54.1 Å². The van der Waals surface area contributed by atoms with E-state index < -0.39 is 23.9 Å². The molecule has 2 aromatic carbocycles. The first-order valence-electron chi connectivity index (χ1n) is 10.1. The molecule has 2 aromatic rings. The van der Waals surface area contributed by atoms with Gasteiger partial charge < -0.3 is 25.4 Å². The fourth-order valence-corrected chi connectivity index (χ4v) is 2.59. The zero-order valence-electron chi connectivity index (χ0n) is 18.4. The summed E-state index contributed by atoms with van der Waals surface area (Å²) >= 11 is 0. The van der Waals surface area contributed by atoms with E-state index in [1.54, 1.807) is 48.5 Å². The summed E-state index contributed by atoms with van der Waals surface area (Å²) in [4.78, 5) is 47.4. The van der Waals surface area contributed by atoms with E-state index in [4.69, 9.17) is 9.47 Å². The number of rotatable bonds is 9. The Kier molecular flexibility index (Phi) is 8.76. The van der Waals surface area contributed by atoms with E-state index in [0.29, 0.717) is 22.7 Å². The number of carbonyl (C=O) groups excluding carboxylic acids is 4. The summed E-state index contributed by atoms with van der Waals surface area (Å²) in [5.41, 5.74) is 1.43. The van der Waals surface area contributed by atoms with E-state index >= 15 is 0 Å². The molecule has 0 aliphatic rings. The maximum Gasteiger partial charge on any atom is 0.326 e. The van der Waals surface area contributed by atoms with Crippen LogP contribution in [0, 0.1) is 0 Å². The van der Waals surface area contributed by atoms with E-state index in [-0.39, 0.29) is 18.6 Å². The van der Waals surface area contributed by atoms with Crippen LogP contribution in [0.15, 0.2) is 48.5 Å². The van der Waals surface area contributed by atoms with Crippen molar-refractivity contribution in [1.29, 1.82) is 0 Å². The third-order valence-electron chi connectivity index (χ3n) is 4.03. The highest BCUT2D eigenvalue weighted by molar-refractivity contribution is 5.97. The molecule has 0 aromatic heterocycles. The molecular formula is C23H27N3O6. The SMILES string of the molecule is CC(=O)Nc1ccc(NC(=O)C(C)OC(=O)CNC(=O)c2ccc(OC(C)C)cc2)cc1. The highest BCUT2D eigenvalue weighted by Crippen LogP contribution is 2.15. The minimum atomic E-state index is -1.07. The Balaban J connectivity index is 1.78. The van der Waals surface area contributed by atoms with Crippen LogP contribution in [0.1, 0.15) is 38.1 Å². The molecule has 0 spiro atoms. The van der Waals surface area contributed by atoms with Crippen LogP contribution >= 0.6 is 0 Å². The minimum Gasteiger partial charge on any atom is -0.491 e. The van der Waals surface area contributed by atoms with Gasteiger partial charge in [0.05, 0.1) is 6.10 Å². The first kappa shape index (κ1) is 24.4. The van der Waals surface area contributed by atoms with Gasteiger partial charge in [-0.3, -0.25) is 19.2 Å². The van der Waals surface area contributed by atoms with Crippen LogP contribution in [0.4, 0.5) is 11.4 Å². The summed E-state index contributed by atoms with van der Waals surface area (Å²) in [7, 11) is 0. The van der Waals surface area contributed by atoms with Gasteiger partial charge in [-0.15, -0.1) is 0 Å². The molecule has 0 aliphatic heterocycles. The Bertz CT molecular complexity index is 955. The zero-order valence-corrected chi connectivity index (χ0v) is 18.4. The molecule has 1 unspecified atom stereocenters. The monoisotopic (exact) mass is 441 g/mol. The fraction of sp³-hybridized carbons (Fsp3) is 0.304. The molecule has 0 radical (unpaired) electrons. The highest BCUT2D eigenvalue weighted by atomic mass is 16.5. The third-order valence-corrected chi connectivity index (χ3v) is 4.03. The second-order valence-corrected chi connectivity index (χ2v) is 7.25. The number of hydrogen-bond donors (Lipinski definition) is 3. The quantitative estimate of drug-likeness (QED) is 0.514. The number of esters is 1. The summed E-state index contributed by atoms with van der Waals surface area (Å²) in [6.45, 7) is 6.24. The first-order valence-corrected chi connectivity index (χ1v) is 10.1. The summed E-state index contributed by atoms with van der Waals surface area (Å²) in [6.07, 6.45) is -1.05. The van der Waals surface area contributed by atoms with Crippen LogP contribution in [-0.2, 0) is 19.1 Å². The lowest BCUT2D eigenvalue weighted by Gasteiger charge is -2.14. The molecule has 0 bridgehead atoms. The van der Waals surface area contributed by atoms with Crippen molar-refractivity contribution in [2.45, 2.75) is 39.9 Å². The minimum absolute atomic E-state index is 0.0201. The Hall–Kier alpha value is -3.88. The topological polar surface area (TPSA) is 123 Å². The molecule has 2 rings (SSSR count). The van der Waals surface area contributed by atoms with Crippen molar-refractivity contribution in [3.8, 4) is 5.75 Å². The van der Waals surface area contributed by atoms with Crippen LogP contribution in [-0.4, -0.2) is 42.4 Å². The predicted molar refractivity (Wildman–Crippen MR) is 119 cm³/mol. The molecule has 32 heavy (non-hydrogen) atoms. The van der Waals surface area contributed by atoms with Crippen molar-refractivity contribution in [2.24, 2.45) is 0 Å². The summed E-state index contributed by atoms with van der Waals surface area (Å²) in [5.74, 6) is -1.29. The van der Waals surface area contributed by atoms with Crippen LogP contribution in [0.25, 0.3) is 0 Å². The lowest BCUT2D eigenvalue weighted by atomic mass is 10.2. The molecule has 0 fully saturated rings. The number of benzene rings is 2. The second kappa shape index (κ2) is 11.5. The Morgan fingerprint density at radius 2 is 1.41 bits per heavy atom. The Morgan fingerprint density at radius 1 is 0.844 bits per heavy atom. The van der Waals surface area contributed by atoms with Gasteiger partial charge in [-0.1, -0.05) is 0 Å². The predicted octanol–water partition coefficient (Wildman–Crippen LogP) is 2.73. The standard InChI is InChI=1S/C23H27N3O6/c1-14(2)31-20-11-5-17(6-12-20)23(30)24-13-21(28)32-15(3)22(29)26-19-9-7-18(8-10-19)25-16(4)27/h5-12,14-15H,13H2,1-4H3,(H,24,30)(H,25,27)(H,26,29). The largest absolute Gasteiger partial charge is 0.491 e. The van der Waals surface area contributed by atoms with E-state index in [2.05, 4.69) is 16.0 Å². The van der Waals surface area contributed by atoms with Gasteiger partial charge in [0.15, 0.2) is 6.10 Å². The number of nitrogens with one attached hydrogen (secondary N) is 3. The first-order chi connectivity index (χ1) is 15.1. The molecule has 0 heterocycles. The second-order valence-electron chi connectivity index (χ2n) is 7.25. The van der Waals surface area contributed by atoms with Crippen molar-refractivity contribution in [3.63, 3.8) is 0 Å². The summed E-state index contributed by atoms with van der Waals surface area (Å²) in [6, 6.07) is 13.0. The van der Waals surface area contributed by atoms with E-state index in [0.717, 1.165) is 0 Å². The number of carbonyl (C=O) groups is 4. The van der Waals surface area contributed by atoms with E-state index in [1.807, 2.05) is 13.8 Å². The van der Waals surface area contributed by atoms with Crippen LogP contribution in [0.2, 0.25) is 0 Å². The van der Waals surface area contributed by atoms with Gasteiger partial charge in [0.1, 0.15) is 12.3 Å². The van der Waals surface area contributed by atoms with Crippen molar-refractivity contribution >= 4 is 35.1 Å². The normalized spacial score (nSPS) is 11.3. The molecule has 9 nitrogen and oxygen atoms in total. The zero-order chi connectivity index (χ0) is 23.7. The van der Waals surface area contributed by atoms with Crippen LogP contribution < -0.4 is 20.7 Å². The van der Waals surface area contributed by atoms with Gasteiger partial charge in [0, 0.05) is 23.9 Å². The average molecular weight is 441 g/mol. The molecule has 0 saturated heterocycles. The molecule has 3 amide bonds. The van der Waals surface area contributed by atoms with Gasteiger partial charge >= 0.3 is 5.97 Å². The number of anilines is 2. The molecule has 9 heteroatoms. The van der Waals surface area contributed by atoms with Crippen molar-refractivity contribution in [2.75, 3.05) is 17.2 Å². The molecule has 3 N–H and O–H groups in total. The molecule has 0 aliphatic carbocycles. The summed E-state index contributed by atoms with van der Waals surface area (Å²) in [5, 5.41) is 7.68. The third kappa shape index (κ3) is 8.10. The lowest BCUT2D eigenvalue weighted by molar-refractivity contribution is -0.152. The van der Waals surface area contributed by atoms with Crippen LogP contribution in [0.5, 0.6) is 5.75 Å². The smallest absolute Gasteiger partial charge is 0.326 e. The maximum absolute atomic E-state index is 12.2. The molecular weight excluding hydrogens is 414 g/mol. The number of hydrogen-bond acceptors (Lipinski definition) is 6. The highest BCUT2D eigenvalue weighted by Gasteiger charge is 2.18. The van der Waals surface area contributed by atoms with Gasteiger partial charge in [-0.2, -0.15) is 0 Å². The molecule has 0 saturated carbocycles. The van der Waals surface area contributed by atoms with Gasteiger partial charge in [-0.05, 0) is 69.3 Å². The van der Waals surface area contributed by atoms with E-state index in [9.17, 15) is 19.2 Å². The fourth-order valence-electron chi connectivity index (χ4n) is 2.59. The molecule has 1 atom stereocenters. The number of ether oxygens (including phenoxy) is 2. The van der Waals surface area contributed by atoms with Crippen LogP contribution in [0.3, 0.4) is 0 Å². The Morgan fingerprint density at radius 3 is 1.94 bits per heavy atom. The van der Waals surface area contributed by atoms with Gasteiger partial charge in [0.25, 0.3) is 11.8 Å². The van der Waals surface area contributed by atoms with Crippen molar-refractivity contribution < 1.29 is 28.7 Å². The lowest BCUT2D eigenvalue weighted by Crippen LogP contribution is -2.35. The maximum atomic E-state index is 12.2. The van der Waals surface area contributed by atoms with Crippen molar-refractivity contribution in [1.82, 2.24) is 5.32 Å². The van der Waals surface area contributed by atoms with Gasteiger partial charge in [-0.25, -0.2) is 0 Å².